The first-order valence-corrected chi connectivity index (χ1v) is 4.50. The molecule has 9 heavy (non-hydrogen) atoms. The predicted octanol–water partition coefficient (Wildman–Crippen LogP) is 0.994. The van der Waals surface area contributed by atoms with E-state index in [1.54, 1.807) is 13.0 Å². The standard InChI is InChI=1S/C6H9O2.Na/c1-3-4-5(2)6(7)8;/h4H,1,3H2,2H3,(H,7,8);. The molecule has 0 saturated heterocycles. The van der Waals surface area contributed by atoms with Crippen molar-refractivity contribution in [3.05, 3.63) is 11.6 Å². The van der Waals surface area contributed by atoms with Crippen LogP contribution in [-0.2, 0) is 4.79 Å². The minimum atomic E-state index is -0.801. The van der Waals surface area contributed by atoms with Gasteiger partial charge in [-0.1, -0.05) is 0 Å². The minimum absolute atomic E-state index is 0.464. The molecule has 46 valence electrons. The fourth-order valence-electron chi connectivity index (χ4n) is 0.448. The molecule has 0 aliphatic carbocycles. The fourth-order valence-corrected chi connectivity index (χ4v) is 0.737. The third kappa shape index (κ3) is 4.70. The van der Waals surface area contributed by atoms with Crippen LogP contribution in [0.1, 0.15) is 13.3 Å². The molecule has 0 fully saturated rings. The van der Waals surface area contributed by atoms with E-state index in [1.165, 1.54) is 0 Å². The van der Waals surface area contributed by atoms with Crippen molar-refractivity contribution in [3.8, 4) is 0 Å². The van der Waals surface area contributed by atoms with Gasteiger partial charge >= 0.3 is 72.5 Å². The van der Waals surface area contributed by atoms with Crippen molar-refractivity contribution >= 4 is 33.9 Å². The summed E-state index contributed by atoms with van der Waals surface area (Å²) in [5, 5.41) is 8.35. The SMILES string of the molecule is CC(=CC[CH2][Na])C(=O)O. The molecule has 1 N–H and O–H groups in total. The number of hydrogen-bond donors (Lipinski definition) is 1. The van der Waals surface area contributed by atoms with Crippen LogP contribution in [0.25, 0.3) is 0 Å². The summed E-state index contributed by atoms with van der Waals surface area (Å²) in [5.74, 6) is -0.801. The first kappa shape index (κ1) is 9.21. The van der Waals surface area contributed by atoms with E-state index in [0.29, 0.717) is 5.57 Å². The molecule has 2 nitrogen and oxygen atoms in total. The number of carbonyl (C=O) groups is 1. The molecular formula is C6H9NaO2. The number of aliphatic carboxylic acids is 1. The van der Waals surface area contributed by atoms with Gasteiger partial charge in [-0.2, -0.15) is 0 Å². The van der Waals surface area contributed by atoms with Crippen molar-refractivity contribution in [3.63, 3.8) is 0 Å². The number of rotatable bonds is 3. The van der Waals surface area contributed by atoms with E-state index in [4.69, 9.17) is 5.11 Å². The molecule has 0 bridgehead atoms. The first-order chi connectivity index (χ1) is 4.18. The molecule has 0 saturated carbocycles. The summed E-state index contributed by atoms with van der Waals surface area (Å²) in [6.45, 7) is 1.62. The van der Waals surface area contributed by atoms with Crippen molar-refractivity contribution < 1.29 is 9.90 Å². The summed E-state index contributed by atoms with van der Waals surface area (Å²) >= 11 is 1.15. The molecule has 0 heterocycles. The molecule has 0 aliphatic heterocycles. The van der Waals surface area contributed by atoms with Gasteiger partial charge in [-0.25, -0.2) is 0 Å². The van der Waals surface area contributed by atoms with Crippen molar-refractivity contribution in [2.75, 3.05) is 0 Å². The van der Waals surface area contributed by atoms with E-state index < -0.39 is 5.97 Å². The predicted molar refractivity (Wildman–Crippen MR) is 36.6 cm³/mol. The van der Waals surface area contributed by atoms with Gasteiger partial charge in [0, 0.05) is 0 Å². The zero-order chi connectivity index (χ0) is 7.28. The number of allylic oxidation sites excluding steroid dienone is 1. The monoisotopic (exact) mass is 136 g/mol. The second-order valence-electron chi connectivity index (χ2n) is 1.98. The van der Waals surface area contributed by atoms with Gasteiger partial charge in [-0.05, 0) is 0 Å². The zero-order valence-electron chi connectivity index (χ0n) is 5.85. The molecule has 0 rings (SSSR count). The number of carboxylic acids is 1. The molecule has 0 aromatic heterocycles. The molecule has 0 unspecified atom stereocenters. The Bertz CT molecular complexity index is 129. The van der Waals surface area contributed by atoms with E-state index >= 15 is 0 Å². The Morgan fingerprint density at radius 3 is 2.67 bits per heavy atom. The van der Waals surface area contributed by atoms with Gasteiger partial charge in [0.25, 0.3) is 0 Å². The number of carboxylic acid groups (broad SMARTS) is 1. The topological polar surface area (TPSA) is 37.3 Å². The Balaban J connectivity index is 3.69. The van der Waals surface area contributed by atoms with E-state index in [9.17, 15) is 4.79 Å². The average Bonchev–Trinajstić information content (AvgIpc) is 1.82. The molecule has 0 aromatic carbocycles. The van der Waals surface area contributed by atoms with Crippen LogP contribution in [0, 0.1) is 0 Å². The Morgan fingerprint density at radius 1 is 1.78 bits per heavy atom. The first-order valence-electron chi connectivity index (χ1n) is 3.08. The fraction of sp³-hybridized carbons (Fsp3) is 0.500. The van der Waals surface area contributed by atoms with Gasteiger partial charge in [-0.15, -0.1) is 0 Å². The van der Waals surface area contributed by atoms with E-state index in [-0.39, 0.29) is 0 Å². The second kappa shape index (κ2) is 5.03. The normalized spacial score (nSPS) is 11.7. The summed E-state index contributed by atoms with van der Waals surface area (Å²) in [6.07, 6.45) is 2.69. The van der Waals surface area contributed by atoms with Crippen LogP contribution in [0.4, 0.5) is 0 Å². The second-order valence-corrected chi connectivity index (χ2v) is 2.98. The van der Waals surface area contributed by atoms with Crippen LogP contribution >= 0.6 is 0 Å². The molecule has 0 amide bonds. The molecule has 0 aliphatic rings. The van der Waals surface area contributed by atoms with Crippen molar-refractivity contribution in [2.24, 2.45) is 0 Å². The Kier molecular flexibility index (Phi) is 5.15. The third-order valence-corrected chi connectivity index (χ3v) is 1.65. The average molecular weight is 136 g/mol. The maximum atomic E-state index is 10.1. The summed E-state index contributed by atoms with van der Waals surface area (Å²) in [4.78, 5) is 10.1. The van der Waals surface area contributed by atoms with E-state index in [2.05, 4.69) is 0 Å². The van der Waals surface area contributed by atoms with Crippen LogP contribution in [0.15, 0.2) is 11.6 Å². The van der Waals surface area contributed by atoms with E-state index in [1.807, 2.05) is 0 Å². The van der Waals surface area contributed by atoms with Gasteiger partial charge in [0.1, 0.15) is 0 Å². The summed E-state index contributed by atoms with van der Waals surface area (Å²) in [7, 11) is 0. The van der Waals surface area contributed by atoms with E-state index in [0.717, 1.165) is 38.0 Å². The summed E-state index contributed by atoms with van der Waals surface area (Å²) in [5.41, 5.74) is 0.464. The van der Waals surface area contributed by atoms with Crippen molar-refractivity contribution in [1.82, 2.24) is 0 Å². The van der Waals surface area contributed by atoms with Crippen molar-refractivity contribution in [1.29, 1.82) is 0 Å². The van der Waals surface area contributed by atoms with Crippen LogP contribution < -0.4 is 0 Å². The molecule has 0 aromatic rings. The van der Waals surface area contributed by atoms with Gasteiger partial charge in [0.05, 0.1) is 0 Å². The van der Waals surface area contributed by atoms with Gasteiger partial charge in [0.2, 0.25) is 0 Å². The quantitative estimate of drug-likeness (QED) is 0.464. The van der Waals surface area contributed by atoms with Crippen LogP contribution in [0.3, 0.4) is 0 Å². The summed E-state index contributed by atoms with van der Waals surface area (Å²) in [6, 6.07) is 0. The third-order valence-electron chi connectivity index (χ3n) is 1.08. The Morgan fingerprint density at radius 2 is 2.33 bits per heavy atom. The Labute approximate surface area is 72.4 Å². The molecule has 0 atom stereocenters. The van der Waals surface area contributed by atoms with Gasteiger partial charge < -0.3 is 0 Å². The number of hydrogen-bond acceptors (Lipinski definition) is 1. The molecule has 0 spiro atoms. The Hall–Kier alpha value is 0.210. The van der Waals surface area contributed by atoms with Crippen molar-refractivity contribution in [2.45, 2.75) is 17.0 Å². The summed E-state index contributed by atoms with van der Waals surface area (Å²) < 4.78 is 1.14. The van der Waals surface area contributed by atoms with Crippen LogP contribution in [-0.4, -0.2) is 39.0 Å². The zero-order valence-corrected chi connectivity index (χ0v) is 7.85. The van der Waals surface area contributed by atoms with Crippen LogP contribution in [0.2, 0.25) is 3.67 Å². The van der Waals surface area contributed by atoms with Gasteiger partial charge in [-0.3, -0.25) is 0 Å². The van der Waals surface area contributed by atoms with Gasteiger partial charge in [0.15, 0.2) is 0 Å². The van der Waals surface area contributed by atoms with Crippen LogP contribution in [0.5, 0.6) is 0 Å². The maximum absolute atomic E-state index is 10.1. The molecular weight excluding hydrogens is 127 g/mol. The molecule has 3 heteroatoms. The molecule has 0 radical (unpaired) electrons.